The molecule has 2 aromatic carbocycles. The predicted octanol–water partition coefficient (Wildman–Crippen LogP) is 4.04. The van der Waals surface area contributed by atoms with Crippen molar-refractivity contribution in [2.24, 2.45) is 0 Å². The van der Waals surface area contributed by atoms with Crippen LogP contribution < -0.4 is 19.5 Å². The SMILES string of the molecule is COc1ccc(C2(C(=O)NC3(c4ccc5c(c4)OCO5)CCCC3)CC2)cc1. The molecule has 0 aromatic heterocycles. The summed E-state index contributed by atoms with van der Waals surface area (Å²) in [5.74, 6) is 2.50. The van der Waals surface area contributed by atoms with Crippen LogP contribution in [0.4, 0.5) is 0 Å². The molecule has 2 aromatic rings. The fourth-order valence-corrected chi connectivity index (χ4v) is 4.68. The summed E-state index contributed by atoms with van der Waals surface area (Å²) in [5.41, 5.74) is 1.47. The van der Waals surface area contributed by atoms with Crippen molar-refractivity contribution in [3.05, 3.63) is 53.6 Å². The molecule has 0 spiro atoms. The van der Waals surface area contributed by atoms with E-state index in [-0.39, 0.29) is 18.2 Å². The first-order chi connectivity index (χ1) is 13.7. The lowest BCUT2D eigenvalue weighted by Gasteiger charge is -2.33. The topological polar surface area (TPSA) is 56.8 Å². The van der Waals surface area contributed by atoms with E-state index in [1.807, 2.05) is 36.4 Å². The normalized spacial score (nSPS) is 20.6. The van der Waals surface area contributed by atoms with Crippen LogP contribution >= 0.6 is 0 Å². The standard InChI is InChI=1S/C23H25NO4/c1-26-18-7-4-16(5-8-18)22(12-13-22)21(25)24-23(10-2-3-11-23)17-6-9-19-20(14-17)28-15-27-19/h4-9,14H,2-3,10-13,15H2,1H3,(H,24,25). The lowest BCUT2D eigenvalue weighted by Crippen LogP contribution is -2.48. The summed E-state index contributed by atoms with van der Waals surface area (Å²) >= 11 is 0. The molecule has 0 atom stereocenters. The molecule has 2 saturated carbocycles. The predicted molar refractivity (Wildman–Crippen MR) is 105 cm³/mol. The minimum absolute atomic E-state index is 0.136. The van der Waals surface area contributed by atoms with Crippen molar-refractivity contribution < 1.29 is 19.0 Å². The Morgan fingerprint density at radius 1 is 0.929 bits per heavy atom. The summed E-state index contributed by atoms with van der Waals surface area (Å²) < 4.78 is 16.3. The smallest absolute Gasteiger partial charge is 0.231 e. The molecular formula is C23H25NO4. The van der Waals surface area contributed by atoms with Gasteiger partial charge >= 0.3 is 0 Å². The van der Waals surface area contributed by atoms with Crippen LogP contribution in [-0.2, 0) is 15.7 Å². The quantitative estimate of drug-likeness (QED) is 0.852. The minimum Gasteiger partial charge on any atom is -0.497 e. The summed E-state index contributed by atoms with van der Waals surface area (Å²) in [7, 11) is 1.66. The van der Waals surface area contributed by atoms with Gasteiger partial charge in [-0.25, -0.2) is 0 Å². The Hall–Kier alpha value is -2.69. The lowest BCUT2D eigenvalue weighted by atomic mass is 9.85. The number of rotatable bonds is 5. The van der Waals surface area contributed by atoms with Crippen molar-refractivity contribution in [3.8, 4) is 17.2 Å². The maximum absolute atomic E-state index is 13.5. The number of carbonyl (C=O) groups is 1. The van der Waals surface area contributed by atoms with Crippen molar-refractivity contribution >= 4 is 5.91 Å². The van der Waals surface area contributed by atoms with Crippen molar-refractivity contribution in [2.75, 3.05) is 13.9 Å². The number of benzene rings is 2. The van der Waals surface area contributed by atoms with Crippen LogP contribution in [0.3, 0.4) is 0 Å². The highest BCUT2D eigenvalue weighted by molar-refractivity contribution is 5.92. The van der Waals surface area contributed by atoms with Crippen molar-refractivity contribution in [3.63, 3.8) is 0 Å². The highest BCUT2D eigenvalue weighted by Gasteiger charge is 2.53. The highest BCUT2D eigenvalue weighted by Crippen LogP contribution is 2.51. The van der Waals surface area contributed by atoms with Gasteiger partial charge in [0.1, 0.15) is 5.75 Å². The summed E-state index contributed by atoms with van der Waals surface area (Å²) in [6.45, 7) is 0.263. The second kappa shape index (κ2) is 6.43. The fourth-order valence-electron chi connectivity index (χ4n) is 4.68. The van der Waals surface area contributed by atoms with E-state index in [4.69, 9.17) is 14.2 Å². The summed E-state index contributed by atoms with van der Waals surface area (Å²) in [6, 6.07) is 14.0. The van der Waals surface area contributed by atoms with Gasteiger partial charge in [0, 0.05) is 0 Å². The molecule has 1 amide bonds. The van der Waals surface area contributed by atoms with Crippen LogP contribution in [0.15, 0.2) is 42.5 Å². The Kier molecular flexibility index (Phi) is 4.00. The molecule has 2 aliphatic carbocycles. The number of hydrogen-bond donors (Lipinski definition) is 1. The zero-order chi connectivity index (χ0) is 19.2. The number of carbonyl (C=O) groups excluding carboxylic acids is 1. The van der Waals surface area contributed by atoms with Gasteiger partial charge in [-0.05, 0) is 61.1 Å². The average molecular weight is 379 g/mol. The van der Waals surface area contributed by atoms with Crippen LogP contribution in [0.5, 0.6) is 17.2 Å². The zero-order valence-electron chi connectivity index (χ0n) is 16.1. The van der Waals surface area contributed by atoms with Gasteiger partial charge in [-0.2, -0.15) is 0 Å². The Labute approximate surface area is 165 Å². The summed E-state index contributed by atoms with van der Waals surface area (Å²) in [5, 5.41) is 3.46. The van der Waals surface area contributed by atoms with E-state index in [2.05, 4.69) is 11.4 Å². The molecule has 5 heteroatoms. The Morgan fingerprint density at radius 2 is 1.61 bits per heavy atom. The van der Waals surface area contributed by atoms with E-state index in [1.54, 1.807) is 7.11 Å². The van der Waals surface area contributed by atoms with Gasteiger partial charge < -0.3 is 19.5 Å². The molecule has 0 bridgehead atoms. The first kappa shape index (κ1) is 17.4. The molecule has 5 rings (SSSR count). The number of hydrogen-bond acceptors (Lipinski definition) is 4. The Balaban J connectivity index is 1.43. The molecule has 1 heterocycles. The van der Waals surface area contributed by atoms with E-state index in [9.17, 15) is 4.79 Å². The largest absolute Gasteiger partial charge is 0.497 e. The second-order valence-electron chi connectivity index (χ2n) is 8.12. The maximum atomic E-state index is 13.5. The third-order valence-corrected chi connectivity index (χ3v) is 6.56. The van der Waals surface area contributed by atoms with Crippen LogP contribution in [0.25, 0.3) is 0 Å². The van der Waals surface area contributed by atoms with Crippen molar-refractivity contribution in [1.82, 2.24) is 5.32 Å². The molecular weight excluding hydrogens is 354 g/mol. The van der Waals surface area contributed by atoms with Gasteiger partial charge in [0.2, 0.25) is 12.7 Å². The van der Waals surface area contributed by atoms with E-state index >= 15 is 0 Å². The molecule has 0 unspecified atom stereocenters. The van der Waals surface area contributed by atoms with Gasteiger partial charge in [-0.3, -0.25) is 4.79 Å². The lowest BCUT2D eigenvalue weighted by molar-refractivity contribution is -0.125. The molecule has 2 fully saturated rings. The monoisotopic (exact) mass is 379 g/mol. The third-order valence-electron chi connectivity index (χ3n) is 6.56. The van der Waals surface area contributed by atoms with E-state index in [0.717, 1.165) is 66.9 Å². The average Bonchev–Trinajstić information content (AvgIpc) is 3.18. The Morgan fingerprint density at radius 3 is 2.29 bits per heavy atom. The van der Waals surface area contributed by atoms with Crippen LogP contribution in [-0.4, -0.2) is 19.8 Å². The van der Waals surface area contributed by atoms with Gasteiger partial charge in [0.15, 0.2) is 11.5 Å². The van der Waals surface area contributed by atoms with E-state index < -0.39 is 5.41 Å². The molecule has 146 valence electrons. The van der Waals surface area contributed by atoms with Crippen LogP contribution in [0, 0.1) is 0 Å². The third kappa shape index (κ3) is 2.72. The second-order valence-corrected chi connectivity index (χ2v) is 8.12. The number of fused-ring (bicyclic) bond motifs is 1. The number of methoxy groups -OCH3 is 1. The molecule has 0 radical (unpaired) electrons. The molecule has 0 saturated heterocycles. The first-order valence-corrected chi connectivity index (χ1v) is 10.0. The van der Waals surface area contributed by atoms with Crippen LogP contribution in [0.2, 0.25) is 0 Å². The molecule has 3 aliphatic rings. The van der Waals surface area contributed by atoms with Gasteiger partial charge in [-0.1, -0.05) is 31.0 Å². The summed E-state index contributed by atoms with van der Waals surface area (Å²) in [4.78, 5) is 13.5. The highest BCUT2D eigenvalue weighted by atomic mass is 16.7. The maximum Gasteiger partial charge on any atom is 0.231 e. The zero-order valence-corrected chi connectivity index (χ0v) is 16.1. The van der Waals surface area contributed by atoms with Gasteiger partial charge in [-0.15, -0.1) is 0 Å². The molecule has 5 nitrogen and oxygen atoms in total. The van der Waals surface area contributed by atoms with Crippen molar-refractivity contribution in [1.29, 1.82) is 0 Å². The summed E-state index contributed by atoms with van der Waals surface area (Å²) in [6.07, 6.45) is 5.92. The first-order valence-electron chi connectivity index (χ1n) is 10.0. The van der Waals surface area contributed by atoms with Crippen LogP contribution in [0.1, 0.15) is 49.7 Å². The van der Waals surface area contributed by atoms with Gasteiger partial charge in [0.25, 0.3) is 0 Å². The number of ether oxygens (including phenoxy) is 3. The van der Waals surface area contributed by atoms with E-state index in [1.165, 1.54) is 0 Å². The fraction of sp³-hybridized carbons (Fsp3) is 0.435. The number of amides is 1. The van der Waals surface area contributed by atoms with Crippen molar-refractivity contribution in [2.45, 2.75) is 49.5 Å². The molecule has 1 aliphatic heterocycles. The number of nitrogens with one attached hydrogen (secondary N) is 1. The molecule has 28 heavy (non-hydrogen) atoms. The Bertz CT molecular complexity index is 895. The molecule has 1 N–H and O–H groups in total. The van der Waals surface area contributed by atoms with Gasteiger partial charge in [0.05, 0.1) is 18.1 Å². The minimum atomic E-state index is -0.405. The van der Waals surface area contributed by atoms with E-state index in [0.29, 0.717) is 0 Å².